The average Bonchev–Trinajstić information content (AvgIpc) is 2.29. The number of hydrogen-bond donors (Lipinski definition) is 3. The van der Waals surface area contributed by atoms with Crippen molar-refractivity contribution in [2.75, 3.05) is 25.6 Å². The Bertz CT molecular complexity index is 387. The van der Waals surface area contributed by atoms with Gasteiger partial charge in [-0.3, -0.25) is 0 Å². The maximum atomic E-state index is 12.9. The number of amides is 2. The summed E-state index contributed by atoms with van der Waals surface area (Å²) in [6.45, 7) is 0.888. The summed E-state index contributed by atoms with van der Waals surface area (Å²) in [5.41, 5.74) is 6.11. The molecule has 0 fully saturated rings. The van der Waals surface area contributed by atoms with E-state index in [0.717, 1.165) is 0 Å². The van der Waals surface area contributed by atoms with Crippen LogP contribution in [0.2, 0.25) is 0 Å². The number of carbonyl (C=O) groups is 1. The Balaban J connectivity index is 2.25. The molecule has 1 aromatic rings. The number of anilines is 1. The van der Waals surface area contributed by atoms with Gasteiger partial charge in [0.25, 0.3) is 0 Å². The monoisotopic (exact) mass is 255 g/mol. The number of urea groups is 1. The van der Waals surface area contributed by atoms with Crippen LogP contribution in [0.4, 0.5) is 14.9 Å². The molecule has 1 atom stereocenters. The van der Waals surface area contributed by atoms with Gasteiger partial charge in [-0.2, -0.15) is 0 Å². The largest absolute Gasteiger partial charge is 0.383 e. The van der Waals surface area contributed by atoms with E-state index >= 15 is 0 Å². The molecule has 100 valence electrons. The number of nitrogens with one attached hydrogen (secondary N) is 2. The number of nitrogens with two attached hydrogens (primary N) is 1. The highest BCUT2D eigenvalue weighted by Gasteiger charge is 2.04. The van der Waals surface area contributed by atoms with Gasteiger partial charge < -0.3 is 21.1 Å². The number of methoxy groups -OCH3 is 1. The fraction of sp³-hybridized carbons (Fsp3) is 0.417. The predicted molar refractivity (Wildman–Crippen MR) is 67.9 cm³/mol. The zero-order chi connectivity index (χ0) is 13.4. The van der Waals surface area contributed by atoms with Gasteiger partial charge in [0.2, 0.25) is 0 Å². The molecule has 4 N–H and O–H groups in total. The molecule has 0 aliphatic heterocycles. The highest BCUT2D eigenvalue weighted by atomic mass is 19.1. The first-order valence-corrected chi connectivity index (χ1v) is 5.66. The minimum atomic E-state index is -0.394. The Morgan fingerprint density at radius 3 is 3.00 bits per heavy atom. The summed E-state index contributed by atoms with van der Waals surface area (Å²) in [6, 6.07) is 5.21. The predicted octanol–water partition coefficient (Wildman–Crippen LogP) is 1.31. The summed E-state index contributed by atoms with van der Waals surface area (Å²) in [6.07, 6.45) is 0.615. The molecule has 0 saturated carbocycles. The Morgan fingerprint density at radius 1 is 1.56 bits per heavy atom. The van der Waals surface area contributed by atoms with E-state index in [1.54, 1.807) is 13.2 Å². The number of carbonyl (C=O) groups excluding carboxylic acids is 1. The van der Waals surface area contributed by atoms with E-state index in [-0.39, 0.29) is 12.1 Å². The molecule has 0 bridgehead atoms. The van der Waals surface area contributed by atoms with Crippen molar-refractivity contribution in [3.63, 3.8) is 0 Å². The van der Waals surface area contributed by atoms with Crippen molar-refractivity contribution in [1.29, 1.82) is 0 Å². The topological polar surface area (TPSA) is 76.4 Å². The molecule has 0 aromatic heterocycles. The quantitative estimate of drug-likeness (QED) is 0.717. The minimum absolute atomic E-state index is 0.107. The van der Waals surface area contributed by atoms with Gasteiger partial charge in [0.15, 0.2) is 0 Å². The maximum absolute atomic E-state index is 12.9. The first-order chi connectivity index (χ1) is 8.61. The smallest absolute Gasteiger partial charge is 0.319 e. The molecule has 5 nitrogen and oxygen atoms in total. The van der Waals surface area contributed by atoms with Crippen LogP contribution in [0.25, 0.3) is 0 Å². The standard InChI is InChI=1S/C12H18FN3O2/c1-18-8-10(14)5-6-15-12(17)16-11-4-2-3-9(13)7-11/h2-4,7,10H,5-6,8,14H2,1H3,(H2,15,16,17). The Hall–Kier alpha value is -1.66. The number of hydrogen-bond acceptors (Lipinski definition) is 3. The van der Waals surface area contributed by atoms with Crippen LogP contribution in [0, 0.1) is 5.82 Å². The summed E-state index contributed by atoms with van der Waals surface area (Å²) in [4.78, 5) is 11.4. The van der Waals surface area contributed by atoms with E-state index in [4.69, 9.17) is 10.5 Å². The molecule has 2 amide bonds. The molecule has 0 radical (unpaired) electrons. The van der Waals surface area contributed by atoms with Crippen LogP contribution in [-0.2, 0) is 4.74 Å². The third-order valence-corrected chi connectivity index (χ3v) is 2.26. The second-order valence-electron chi connectivity index (χ2n) is 3.90. The van der Waals surface area contributed by atoms with Gasteiger partial charge in [0.1, 0.15) is 5.82 Å². The molecule has 6 heteroatoms. The van der Waals surface area contributed by atoms with Crippen molar-refractivity contribution in [2.24, 2.45) is 5.73 Å². The normalized spacial score (nSPS) is 11.9. The second kappa shape index (κ2) is 7.62. The molecule has 18 heavy (non-hydrogen) atoms. The summed E-state index contributed by atoms with van der Waals surface area (Å²) in [5.74, 6) is -0.394. The van der Waals surface area contributed by atoms with Crippen LogP contribution in [-0.4, -0.2) is 32.3 Å². The van der Waals surface area contributed by atoms with E-state index < -0.39 is 5.82 Å². The van der Waals surface area contributed by atoms with Crippen LogP contribution < -0.4 is 16.4 Å². The average molecular weight is 255 g/mol. The molecule has 1 rings (SSSR count). The molecule has 0 saturated heterocycles. The first kappa shape index (κ1) is 14.4. The third-order valence-electron chi connectivity index (χ3n) is 2.26. The molecule has 0 aliphatic rings. The van der Waals surface area contributed by atoms with Gasteiger partial charge in [-0.05, 0) is 24.6 Å². The van der Waals surface area contributed by atoms with E-state index in [2.05, 4.69) is 10.6 Å². The molecule has 0 spiro atoms. The Labute approximate surface area is 106 Å². The lowest BCUT2D eigenvalue weighted by molar-refractivity contribution is 0.177. The molecular weight excluding hydrogens is 237 g/mol. The van der Waals surface area contributed by atoms with Crippen molar-refractivity contribution < 1.29 is 13.9 Å². The molecule has 1 unspecified atom stereocenters. The zero-order valence-corrected chi connectivity index (χ0v) is 10.3. The number of rotatable bonds is 6. The summed E-state index contributed by atoms with van der Waals surface area (Å²) in [5, 5.41) is 5.16. The van der Waals surface area contributed by atoms with Gasteiger partial charge in [-0.25, -0.2) is 9.18 Å². The van der Waals surface area contributed by atoms with E-state index in [1.807, 2.05) is 0 Å². The van der Waals surface area contributed by atoms with Crippen LogP contribution in [0.15, 0.2) is 24.3 Å². The Morgan fingerprint density at radius 2 is 2.33 bits per heavy atom. The van der Waals surface area contributed by atoms with Crippen molar-refractivity contribution in [2.45, 2.75) is 12.5 Å². The summed E-state index contributed by atoms with van der Waals surface area (Å²) < 4.78 is 17.7. The SMILES string of the molecule is COCC(N)CCNC(=O)Nc1cccc(F)c1. The fourth-order valence-electron chi connectivity index (χ4n) is 1.41. The van der Waals surface area contributed by atoms with Crippen LogP contribution >= 0.6 is 0 Å². The van der Waals surface area contributed by atoms with Crippen molar-refractivity contribution >= 4 is 11.7 Å². The number of ether oxygens (including phenoxy) is 1. The van der Waals surface area contributed by atoms with Crippen LogP contribution in [0.3, 0.4) is 0 Å². The number of halogens is 1. The van der Waals surface area contributed by atoms with Gasteiger partial charge in [-0.1, -0.05) is 6.07 Å². The second-order valence-corrected chi connectivity index (χ2v) is 3.90. The van der Waals surface area contributed by atoms with Gasteiger partial charge >= 0.3 is 6.03 Å². The van der Waals surface area contributed by atoms with Gasteiger partial charge in [0.05, 0.1) is 6.61 Å². The van der Waals surface area contributed by atoms with Gasteiger partial charge in [-0.15, -0.1) is 0 Å². The van der Waals surface area contributed by atoms with E-state index in [9.17, 15) is 9.18 Å². The van der Waals surface area contributed by atoms with Gasteiger partial charge in [0, 0.05) is 25.4 Å². The lowest BCUT2D eigenvalue weighted by atomic mass is 10.2. The van der Waals surface area contributed by atoms with E-state index in [0.29, 0.717) is 25.3 Å². The fourth-order valence-corrected chi connectivity index (χ4v) is 1.41. The molecular formula is C12H18FN3O2. The summed E-state index contributed by atoms with van der Waals surface area (Å²) >= 11 is 0. The summed E-state index contributed by atoms with van der Waals surface area (Å²) in [7, 11) is 1.57. The third kappa shape index (κ3) is 5.60. The van der Waals surface area contributed by atoms with Crippen molar-refractivity contribution in [1.82, 2.24) is 5.32 Å². The molecule has 1 aromatic carbocycles. The molecule has 0 aliphatic carbocycles. The van der Waals surface area contributed by atoms with Crippen molar-refractivity contribution in [3.8, 4) is 0 Å². The lowest BCUT2D eigenvalue weighted by Gasteiger charge is -2.11. The highest BCUT2D eigenvalue weighted by Crippen LogP contribution is 2.08. The van der Waals surface area contributed by atoms with Crippen LogP contribution in [0.1, 0.15) is 6.42 Å². The molecule has 0 heterocycles. The zero-order valence-electron chi connectivity index (χ0n) is 10.3. The number of benzene rings is 1. The first-order valence-electron chi connectivity index (χ1n) is 5.66. The Kier molecular flexibility index (Phi) is 6.10. The maximum Gasteiger partial charge on any atom is 0.319 e. The van der Waals surface area contributed by atoms with E-state index in [1.165, 1.54) is 18.2 Å². The lowest BCUT2D eigenvalue weighted by Crippen LogP contribution is -2.35. The van der Waals surface area contributed by atoms with Crippen LogP contribution in [0.5, 0.6) is 0 Å². The van der Waals surface area contributed by atoms with Crippen molar-refractivity contribution in [3.05, 3.63) is 30.1 Å². The minimum Gasteiger partial charge on any atom is -0.383 e. The highest BCUT2D eigenvalue weighted by molar-refractivity contribution is 5.89.